The zero-order valence-corrected chi connectivity index (χ0v) is 27.2. The van der Waals surface area contributed by atoms with Crippen molar-refractivity contribution in [2.75, 3.05) is 47.7 Å². The van der Waals surface area contributed by atoms with E-state index in [1.807, 2.05) is 70.7 Å². The Bertz CT molecular complexity index is 1670. The maximum Gasteiger partial charge on any atom is 0.353 e. The van der Waals surface area contributed by atoms with Gasteiger partial charge in [0.15, 0.2) is 5.82 Å². The van der Waals surface area contributed by atoms with Gasteiger partial charge in [0.05, 0.1) is 29.5 Å². The fraction of sp³-hybridized carbons (Fsp3) is 0.484. The van der Waals surface area contributed by atoms with E-state index in [9.17, 15) is 18.0 Å². The number of benzene rings is 1. The number of piperazine rings is 1. The topological polar surface area (TPSA) is 130 Å². The van der Waals surface area contributed by atoms with Crippen molar-refractivity contribution in [2.45, 2.75) is 59.8 Å². The zero-order chi connectivity index (χ0) is 32.0. The van der Waals surface area contributed by atoms with Gasteiger partial charge in [0.1, 0.15) is 5.82 Å². The predicted octanol–water partition coefficient (Wildman–Crippen LogP) is 4.56. The molecular weight excluding hydrogens is 582 g/mol. The van der Waals surface area contributed by atoms with Gasteiger partial charge in [-0.15, -0.1) is 9.35 Å². The molecule has 12 nitrogen and oxygen atoms in total. The molecule has 236 valence electrons. The summed E-state index contributed by atoms with van der Waals surface area (Å²) in [7, 11) is -4.11. The summed E-state index contributed by atoms with van der Waals surface area (Å²) in [6.45, 7) is 14.4. The summed E-state index contributed by atoms with van der Waals surface area (Å²) in [5, 5.41) is 8.15. The summed E-state index contributed by atoms with van der Waals surface area (Å²) >= 11 is 0. The number of hydrogen-bond acceptors (Lipinski definition) is 8. The molecule has 3 amide bonds. The second-order valence-corrected chi connectivity index (χ2v) is 14.7. The lowest BCUT2D eigenvalue weighted by Gasteiger charge is -2.37. The van der Waals surface area contributed by atoms with Crippen LogP contribution in [0.1, 0.15) is 57.4 Å². The molecule has 1 aliphatic heterocycles. The first-order valence-corrected chi connectivity index (χ1v) is 16.5. The number of carbonyl (C=O) groups excluding carboxylic acids is 2. The molecule has 2 aliphatic rings. The lowest BCUT2D eigenvalue weighted by atomic mass is 9.92. The van der Waals surface area contributed by atoms with Crippen molar-refractivity contribution in [2.24, 2.45) is 5.41 Å². The van der Waals surface area contributed by atoms with Crippen molar-refractivity contribution in [1.29, 1.82) is 0 Å². The highest BCUT2D eigenvalue weighted by molar-refractivity contribution is 7.86. The number of anilines is 3. The second-order valence-electron chi connectivity index (χ2n) is 13.1. The fourth-order valence-electron chi connectivity index (χ4n) is 5.12. The molecule has 1 saturated carbocycles. The first kappa shape index (κ1) is 31.5. The summed E-state index contributed by atoms with van der Waals surface area (Å²) in [6, 6.07) is 10.1. The second kappa shape index (κ2) is 11.5. The molecule has 13 heteroatoms. The lowest BCUT2D eigenvalue weighted by molar-refractivity contribution is -0.136. The Morgan fingerprint density at radius 1 is 1.02 bits per heavy atom. The smallest absolute Gasteiger partial charge is 0.353 e. The van der Waals surface area contributed by atoms with E-state index < -0.39 is 21.6 Å². The van der Waals surface area contributed by atoms with Crippen LogP contribution in [0.5, 0.6) is 0 Å². The maximum absolute atomic E-state index is 13.7. The number of aryl methyl sites for hydroxylation is 2. The van der Waals surface area contributed by atoms with Crippen LogP contribution in [0, 0.1) is 19.3 Å². The Hall–Kier alpha value is -3.97. The predicted molar refractivity (Wildman–Crippen MR) is 170 cm³/mol. The van der Waals surface area contributed by atoms with Crippen LogP contribution in [-0.4, -0.2) is 72.5 Å². The van der Waals surface area contributed by atoms with Crippen molar-refractivity contribution < 1.29 is 22.3 Å². The van der Waals surface area contributed by atoms with E-state index in [-0.39, 0.29) is 17.1 Å². The number of nitrogens with one attached hydrogen (secondary N) is 1. The molecule has 0 spiro atoms. The molecule has 5 rings (SSSR count). The number of urea groups is 1. The standard InChI is InChI=1S/C31H41N7O5S/c1-21-8-10-24(11-9-21)37-26(19-25(34-37)30(3,4)5)38(43-44(7,41)42)29(40)33-23-18-22(2)27(32-20-23)35-14-16-36(17-15-35)28(39)31(6)12-13-31/h8-11,18-20H,12-17H2,1-7H3,(H,33,40). The summed E-state index contributed by atoms with van der Waals surface area (Å²) in [5.74, 6) is 1.12. The third kappa shape index (κ3) is 6.88. The number of rotatable bonds is 7. The summed E-state index contributed by atoms with van der Waals surface area (Å²) < 4.78 is 31.4. The van der Waals surface area contributed by atoms with Gasteiger partial charge in [-0.25, -0.2) is 14.5 Å². The highest BCUT2D eigenvalue weighted by atomic mass is 32.2. The monoisotopic (exact) mass is 623 g/mol. The van der Waals surface area contributed by atoms with Gasteiger partial charge >= 0.3 is 6.03 Å². The Kier molecular flexibility index (Phi) is 8.23. The van der Waals surface area contributed by atoms with Crippen LogP contribution in [0.4, 0.5) is 22.1 Å². The third-order valence-electron chi connectivity index (χ3n) is 8.02. The van der Waals surface area contributed by atoms with Gasteiger partial charge in [0.2, 0.25) is 5.91 Å². The van der Waals surface area contributed by atoms with E-state index in [4.69, 9.17) is 9.38 Å². The first-order valence-electron chi connectivity index (χ1n) is 14.7. The van der Waals surface area contributed by atoms with Gasteiger partial charge in [-0.2, -0.15) is 13.5 Å². The SMILES string of the molecule is Cc1ccc(-n2nc(C(C)(C)C)cc2N(OS(C)(=O)=O)C(=O)Nc2cnc(N3CCN(C(=O)C4(C)CC4)CC3)c(C)c2)cc1. The largest absolute Gasteiger partial charge is 0.353 e. The average molecular weight is 624 g/mol. The van der Waals surface area contributed by atoms with Crippen LogP contribution < -0.4 is 15.3 Å². The molecular formula is C31H41N7O5S. The van der Waals surface area contributed by atoms with Crippen LogP contribution in [0.2, 0.25) is 0 Å². The molecule has 0 radical (unpaired) electrons. The lowest BCUT2D eigenvalue weighted by Crippen LogP contribution is -2.50. The molecule has 1 aliphatic carbocycles. The van der Waals surface area contributed by atoms with Crippen LogP contribution >= 0.6 is 0 Å². The number of carbonyl (C=O) groups is 2. The Morgan fingerprint density at radius 3 is 2.20 bits per heavy atom. The van der Waals surface area contributed by atoms with E-state index in [0.717, 1.165) is 36.0 Å². The van der Waals surface area contributed by atoms with Crippen LogP contribution in [-0.2, 0) is 24.6 Å². The summed E-state index contributed by atoms with van der Waals surface area (Å²) in [5.41, 5.74) is 2.91. The molecule has 1 N–H and O–H groups in total. The van der Waals surface area contributed by atoms with Crippen LogP contribution in [0.15, 0.2) is 42.6 Å². The molecule has 3 aromatic rings. The molecule has 0 bridgehead atoms. The quantitative estimate of drug-likeness (QED) is 0.379. The fourth-order valence-corrected chi connectivity index (χ4v) is 5.53. The van der Waals surface area contributed by atoms with Crippen molar-refractivity contribution >= 4 is 39.4 Å². The molecule has 3 heterocycles. The van der Waals surface area contributed by atoms with Gasteiger partial charge in [-0.1, -0.05) is 45.4 Å². The van der Waals surface area contributed by atoms with Crippen molar-refractivity contribution in [3.8, 4) is 5.69 Å². The number of nitrogens with zero attached hydrogens (tertiary/aromatic N) is 6. The summed E-state index contributed by atoms with van der Waals surface area (Å²) in [6.07, 6.45) is 4.32. The van der Waals surface area contributed by atoms with E-state index in [1.165, 1.54) is 10.9 Å². The van der Waals surface area contributed by atoms with Crippen molar-refractivity contribution in [3.63, 3.8) is 0 Å². The Balaban J connectivity index is 1.38. The van der Waals surface area contributed by atoms with Gasteiger partial charge < -0.3 is 15.1 Å². The molecule has 2 fully saturated rings. The molecule has 2 aromatic heterocycles. The van der Waals surface area contributed by atoms with E-state index in [0.29, 0.717) is 48.3 Å². The van der Waals surface area contributed by atoms with Gasteiger partial charge in [-0.3, -0.25) is 4.79 Å². The van der Waals surface area contributed by atoms with Gasteiger partial charge in [-0.05, 0) is 50.5 Å². The molecule has 0 atom stereocenters. The molecule has 44 heavy (non-hydrogen) atoms. The number of hydroxylamine groups is 1. The minimum atomic E-state index is -4.11. The van der Waals surface area contributed by atoms with Crippen molar-refractivity contribution in [1.82, 2.24) is 19.7 Å². The van der Waals surface area contributed by atoms with Crippen LogP contribution in [0.25, 0.3) is 5.69 Å². The summed E-state index contributed by atoms with van der Waals surface area (Å²) in [4.78, 5) is 35.1. The average Bonchev–Trinajstić information content (AvgIpc) is 3.53. The van der Waals surface area contributed by atoms with Gasteiger partial charge in [0, 0.05) is 43.1 Å². The number of amides is 3. The van der Waals surface area contributed by atoms with E-state index in [1.54, 1.807) is 12.1 Å². The number of pyridine rings is 1. The first-order chi connectivity index (χ1) is 20.5. The van der Waals surface area contributed by atoms with E-state index >= 15 is 0 Å². The maximum atomic E-state index is 13.7. The minimum absolute atomic E-state index is 0.121. The Morgan fingerprint density at radius 2 is 1.66 bits per heavy atom. The van der Waals surface area contributed by atoms with Crippen LogP contribution in [0.3, 0.4) is 0 Å². The molecule has 1 aromatic carbocycles. The highest BCUT2D eigenvalue weighted by Gasteiger charge is 2.47. The van der Waals surface area contributed by atoms with Gasteiger partial charge in [0.25, 0.3) is 10.1 Å². The normalized spacial score (nSPS) is 16.5. The molecule has 1 saturated heterocycles. The number of hydrogen-bond donors (Lipinski definition) is 1. The van der Waals surface area contributed by atoms with E-state index in [2.05, 4.69) is 15.2 Å². The number of aromatic nitrogens is 3. The Labute approximate surface area is 259 Å². The van der Waals surface area contributed by atoms with Crippen molar-refractivity contribution in [3.05, 3.63) is 59.4 Å². The highest BCUT2D eigenvalue weighted by Crippen LogP contribution is 2.46. The molecule has 0 unspecified atom stereocenters. The minimum Gasteiger partial charge on any atom is -0.353 e. The third-order valence-corrected chi connectivity index (χ3v) is 8.44. The zero-order valence-electron chi connectivity index (χ0n) is 26.4.